The van der Waals surface area contributed by atoms with Gasteiger partial charge in [0.2, 0.25) is 5.91 Å². The maximum absolute atomic E-state index is 12.4. The number of carboxylic acids is 1. The summed E-state index contributed by atoms with van der Waals surface area (Å²) < 4.78 is 0.275. The number of aliphatic carboxylic acids is 1. The molecule has 6 nitrogen and oxygen atoms in total. The molecule has 0 aliphatic carbocycles. The number of nitrogens with one attached hydrogen (secondary N) is 1. The first-order valence-electron chi connectivity index (χ1n) is 7.12. The van der Waals surface area contributed by atoms with Gasteiger partial charge in [0.05, 0.1) is 4.91 Å². The van der Waals surface area contributed by atoms with Gasteiger partial charge in [0.1, 0.15) is 16.9 Å². The second-order valence-corrected chi connectivity index (χ2v) is 6.98. The predicted octanol–water partition coefficient (Wildman–Crippen LogP) is 1.79. The number of carbonyl (C=O) groups excluding carboxylic acids is 2. The van der Waals surface area contributed by atoms with Crippen molar-refractivity contribution >= 4 is 52.2 Å². The largest absolute Gasteiger partial charge is 0.480 e. The lowest BCUT2D eigenvalue weighted by atomic mass is 10.1. The molecule has 1 atom stereocenters. The van der Waals surface area contributed by atoms with Gasteiger partial charge in [-0.3, -0.25) is 19.3 Å². The SMILES string of the molecule is Cc1ccc(/C=C2\SC(=S)N(CC(=O)NC(C)C(=O)O)C2=O)cc1. The van der Waals surface area contributed by atoms with E-state index in [2.05, 4.69) is 5.32 Å². The molecule has 2 N–H and O–H groups in total. The Morgan fingerprint density at radius 1 is 1.38 bits per heavy atom. The summed E-state index contributed by atoms with van der Waals surface area (Å²) in [5.74, 6) is -2.07. The predicted molar refractivity (Wildman–Crippen MR) is 96.3 cm³/mol. The van der Waals surface area contributed by atoms with Crippen molar-refractivity contribution < 1.29 is 19.5 Å². The van der Waals surface area contributed by atoms with Gasteiger partial charge in [0, 0.05) is 0 Å². The molecule has 0 spiro atoms. The van der Waals surface area contributed by atoms with Crippen LogP contribution in [0, 0.1) is 6.92 Å². The van der Waals surface area contributed by atoms with Crippen molar-refractivity contribution in [2.45, 2.75) is 19.9 Å². The van der Waals surface area contributed by atoms with Crippen molar-refractivity contribution in [2.75, 3.05) is 6.54 Å². The van der Waals surface area contributed by atoms with Crippen LogP contribution in [-0.2, 0) is 14.4 Å². The second-order valence-electron chi connectivity index (χ2n) is 5.31. The standard InChI is InChI=1S/C16H16N2O4S2/c1-9-3-5-11(6-4-9)7-12-14(20)18(16(23)24-12)8-13(19)17-10(2)15(21)22/h3-7,10H,8H2,1-2H3,(H,17,19)(H,21,22)/b12-7-. The molecule has 2 rings (SSSR count). The minimum Gasteiger partial charge on any atom is -0.480 e. The average Bonchev–Trinajstić information content (AvgIpc) is 2.77. The monoisotopic (exact) mass is 364 g/mol. The summed E-state index contributed by atoms with van der Waals surface area (Å²) in [6.07, 6.45) is 1.72. The summed E-state index contributed by atoms with van der Waals surface area (Å²) >= 11 is 6.27. The lowest BCUT2D eigenvalue weighted by Crippen LogP contribution is -2.45. The molecular weight excluding hydrogens is 348 g/mol. The van der Waals surface area contributed by atoms with E-state index < -0.39 is 17.9 Å². The molecule has 0 bridgehead atoms. The van der Waals surface area contributed by atoms with E-state index >= 15 is 0 Å². The summed E-state index contributed by atoms with van der Waals surface area (Å²) in [5.41, 5.74) is 1.98. The van der Waals surface area contributed by atoms with Crippen molar-refractivity contribution in [3.8, 4) is 0 Å². The van der Waals surface area contributed by atoms with E-state index in [4.69, 9.17) is 17.3 Å². The molecule has 0 aromatic heterocycles. The molecule has 0 saturated carbocycles. The lowest BCUT2D eigenvalue weighted by Gasteiger charge is -2.15. The Labute approximate surface area is 148 Å². The summed E-state index contributed by atoms with van der Waals surface area (Å²) in [7, 11) is 0. The first-order valence-corrected chi connectivity index (χ1v) is 8.34. The molecule has 8 heteroatoms. The van der Waals surface area contributed by atoms with Gasteiger partial charge >= 0.3 is 5.97 Å². The molecule has 1 aromatic rings. The number of thioether (sulfide) groups is 1. The van der Waals surface area contributed by atoms with E-state index in [1.165, 1.54) is 11.8 Å². The Morgan fingerprint density at radius 2 is 2.00 bits per heavy atom. The molecule has 2 amide bonds. The molecule has 1 aliphatic rings. The lowest BCUT2D eigenvalue weighted by molar-refractivity contribution is -0.141. The Kier molecular flexibility index (Phi) is 5.74. The third-order valence-corrected chi connectivity index (χ3v) is 4.68. The maximum atomic E-state index is 12.4. The maximum Gasteiger partial charge on any atom is 0.325 e. The third-order valence-electron chi connectivity index (χ3n) is 3.30. The number of hydrogen-bond donors (Lipinski definition) is 2. The van der Waals surface area contributed by atoms with Crippen molar-refractivity contribution in [3.05, 3.63) is 40.3 Å². The van der Waals surface area contributed by atoms with E-state index in [1.807, 2.05) is 31.2 Å². The topological polar surface area (TPSA) is 86.7 Å². The number of thiocarbonyl (C=S) groups is 1. The highest BCUT2D eigenvalue weighted by Crippen LogP contribution is 2.32. The van der Waals surface area contributed by atoms with Crippen LogP contribution < -0.4 is 5.32 Å². The fourth-order valence-electron chi connectivity index (χ4n) is 1.94. The number of hydrogen-bond acceptors (Lipinski definition) is 5. The molecule has 24 heavy (non-hydrogen) atoms. The molecular formula is C16H16N2O4S2. The number of nitrogens with zero attached hydrogens (tertiary/aromatic N) is 1. The quantitative estimate of drug-likeness (QED) is 0.612. The number of benzene rings is 1. The van der Waals surface area contributed by atoms with Crippen LogP contribution in [0.25, 0.3) is 6.08 Å². The zero-order valence-corrected chi connectivity index (χ0v) is 14.7. The highest BCUT2D eigenvalue weighted by Gasteiger charge is 2.33. The van der Waals surface area contributed by atoms with Gasteiger partial charge in [-0.05, 0) is 25.5 Å². The van der Waals surface area contributed by atoms with Crippen LogP contribution in [-0.4, -0.2) is 44.7 Å². The summed E-state index contributed by atoms with van der Waals surface area (Å²) in [6.45, 7) is 3.02. The van der Waals surface area contributed by atoms with Crippen molar-refractivity contribution in [1.29, 1.82) is 0 Å². The first kappa shape index (κ1) is 18.2. The van der Waals surface area contributed by atoms with Crippen molar-refractivity contribution in [3.63, 3.8) is 0 Å². The molecule has 1 heterocycles. The third kappa shape index (κ3) is 4.42. The van der Waals surface area contributed by atoms with Crippen molar-refractivity contribution in [2.24, 2.45) is 0 Å². The Hall–Kier alpha value is -2.19. The average molecular weight is 364 g/mol. The molecule has 1 fully saturated rings. The molecule has 1 aliphatic heterocycles. The van der Waals surface area contributed by atoms with Gasteiger partial charge in [0.15, 0.2) is 0 Å². The van der Waals surface area contributed by atoms with E-state index in [-0.39, 0.29) is 16.8 Å². The van der Waals surface area contributed by atoms with E-state index in [0.717, 1.165) is 22.9 Å². The van der Waals surface area contributed by atoms with Crippen LogP contribution in [0.2, 0.25) is 0 Å². The van der Waals surface area contributed by atoms with Crippen LogP contribution in [0.4, 0.5) is 0 Å². The van der Waals surface area contributed by atoms with Gasteiger partial charge in [-0.1, -0.05) is 53.8 Å². The minimum absolute atomic E-state index is 0.275. The van der Waals surface area contributed by atoms with Crippen LogP contribution in [0.3, 0.4) is 0 Å². The van der Waals surface area contributed by atoms with Gasteiger partial charge in [-0.25, -0.2) is 0 Å². The van der Waals surface area contributed by atoms with Crippen LogP contribution >= 0.6 is 24.0 Å². The fourth-order valence-corrected chi connectivity index (χ4v) is 3.20. The zero-order valence-electron chi connectivity index (χ0n) is 13.1. The Morgan fingerprint density at radius 3 is 2.58 bits per heavy atom. The Bertz CT molecular complexity index is 728. The van der Waals surface area contributed by atoms with Gasteiger partial charge in [-0.2, -0.15) is 0 Å². The molecule has 1 saturated heterocycles. The zero-order chi connectivity index (χ0) is 17.9. The molecule has 0 radical (unpaired) electrons. The van der Waals surface area contributed by atoms with Gasteiger partial charge in [0.25, 0.3) is 5.91 Å². The van der Waals surface area contributed by atoms with Crippen LogP contribution in [0.1, 0.15) is 18.1 Å². The van der Waals surface area contributed by atoms with Gasteiger partial charge < -0.3 is 10.4 Å². The second kappa shape index (κ2) is 7.59. The number of rotatable bonds is 5. The van der Waals surface area contributed by atoms with E-state index in [1.54, 1.807) is 6.08 Å². The van der Waals surface area contributed by atoms with E-state index in [9.17, 15) is 14.4 Å². The van der Waals surface area contributed by atoms with Gasteiger partial charge in [-0.15, -0.1) is 0 Å². The summed E-state index contributed by atoms with van der Waals surface area (Å²) in [4.78, 5) is 36.6. The molecule has 126 valence electrons. The normalized spacial score (nSPS) is 17.2. The van der Waals surface area contributed by atoms with E-state index in [0.29, 0.717) is 4.91 Å². The fraction of sp³-hybridized carbons (Fsp3) is 0.250. The minimum atomic E-state index is -1.15. The first-order chi connectivity index (χ1) is 11.3. The summed E-state index contributed by atoms with van der Waals surface area (Å²) in [6, 6.07) is 6.63. The van der Waals surface area contributed by atoms with Crippen molar-refractivity contribution in [1.82, 2.24) is 10.2 Å². The van der Waals surface area contributed by atoms with Crippen LogP contribution in [0.5, 0.6) is 0 Å². The molecule has 1 unspecified atom stereocenters. The van der Waals surface area contributed by atoms with Crippen LogP contribution in [0.15, 0.2) is 29.2 Å². The number of amides is 2. The molecule has 1 aromatic carbocycles. The Balaban J connectivity index is 2.07. The number of aryl methyl sites for hydroxylation is 1. The smallest absolute Gasteiger partial charge is 0.325 e. The highest BCUT2D eigenvalue weighted by atomic mass is 32.2. The highest BCUT2D eigenvalue weighted by molar-refractivity contribution is 8.26. The summed E-state index contributed by atoms with van der Waals surface area (Å²) in [5, 5.41) is 11.1. The number of carbonyl (C=O) groups is 3. The number of carboxylic acid groups (broad SMARTS) is 1.